The summed E-state index contributed by atoms with van der Waals surface area (Å²) in [7, 11) is 0. The molecule has 2 fully saturated rings. The van der Waals surface area contributed by atoms with Gasteiger partial charge in [-0.3, -0.25) is 4.79 Å². The first-order valence-corrected chi connectivity index (χ1v) is 5.79. The fourth-order valence-corrected chi connectivity index (χ4v) is 2.70. The summed E-state index contributed by atoms with van der Waals surface area (Å²) in [5.74, 6) is 0.513. The molecule has 1 saturated heterocycles. The summed E-state index contributed by atoms with van der Waals surface area (Å²) >= 11 is 0. The SMILES string of the molecule is O=C1CC(O)CN1C1CCC(CO)CC1. The van der Waals surface area contributed by atoms with Crippen LogP contribution in [0.2, 0.25) is 0 Å². The quantitative estimate of drug-likeness (QED) is 0.685. The third-order valence-electron chi connectivity index (χ3n) is 3.65. The number of nitrogens with zero attached hydrogens (tertiary/aromatic N) is 1. The van der Waals surface area contributed by atoms with Crippen LogP contribution in [0.5, 0.6) is 0 Å². The van der Waals surface area contributed by atoms with Crippen LogP contribution in [0.15, 0.2) is 0 Å². The minimum Gasteiger partial charge on any atom is -0.396 e. The molecule has 0 bridgehead atoms. The van der Waals surface area contributed by atoms with Crippen molar-refractivity contribution in [1.29, 1.82) is 0 Å². The average molecular weight is 213 g/mol. The Morgan fingerprint density at radius 2 is 1.93 bits per heavy atom. The number of carbonyl (C=O) groups is 1. The number of likely N-dealkylation sites (tertiary alicyclic amines) is 1. The van der Waals surface area contributed by atoms with Gasteiger partial charge >= 0.3 is 0 Å². The summed E-state index contributed by atoms with van der Waals surface area (Å²) in [4.78, 5) is 13.4. The molecule has 0 spiro atoms. The number of amides is 1. The minimum atomic E-state index is -0.465. The molecule has 1 atom stereocenters. The first-order valence-electron chi connectivity index (χ1n) is 5.79. The normalized spacial score (nSPS) is 37.3. The van der Waals surface area contributed by atoms with Gasteiger partial charge in [0, 0.05) is 19.2 Å². The second-order valence-corrected chi connectivity index (χ2v) is 4.76. The van der Waals surface area contributed by atoms with Crippen LogP contribution in [0.25, 0.3) is 0 Å². The molecule has 0 aromatic carbocycles. The van der Waals surface area contributed by atoms with Crippen molar-refractivity contribution in [1.82, 2.24) is 4.90 Å². The third kappa shape index (κ3) is 2.32. The highest BCUT2D eigenvalue weighted by atomic mass is 16.3. The highest BCUT2D eigenvalue weighted by Crippen LogP contribution is 2.29. The van der Waals surface area contributed by atoms with E-state index >= 15 is 0 Å². The number of aliphatic hydroxyl groups excluding tert-OH is 2. The Morgan fingerprint density at radius 1 is 1.27 bits per heavy atom. The molecule has 1 heterocycles. The van der Waals surface area contributed by atoms with Gasteiger partial charge < -0.3 is 15.1 Å². The number of β-amino-alcohol motifs (C(OH)–C–C–N with tert-alkyl or cyclic N) is 1. The molecule has 0 aromatic rings. The zero-order valence-electron chi connectivity index (χ0n) is 8.93. The van der Waals surface area contributed by atoms with Crippen LogP contribution in [0, 0.1) is 5.92 Å². The van der Waals surface area contributed by atoms with Crippen molar-refractivity contribution in [2.75, 3.05) is 13.2 Å². The Labute approximate surface area is 89.9 Å². The number of aliphatic hydroxyl groups is 2. The first-order chi connectivity index (χ1) is 7.20. The summed E-state index contributed by atoms with van der Waals surface area (Å²) in [6.07, 6.45) is 3.78. The summed E-state index contributed by atoms with van der Waals surface area (Å²) in [5, 5.41) is 18.4. The van der Waals surface area contributed by atoms with Crippen LogP contribution in [-0.4, -0.2) is 46.3 Å². The maximum atomic E-state index is 11.6. The van der Waals surface area contributed by atoms with Gasteiger partial charge in [0.25, 0.3) is 0 Å². The standard InChI is InChI=1S/C11H19NO3/c13-7-8-1-3-9(4-2-8)12-6-10(14)5-11(12)15/h8-10,13-14H,1-7H2. The van der Waals surface area contributed by atoms with Gasteiger partial charge in [-0.15, -0.1) is 0 Å². The van der Waals surface area contributed by atoms with Crippen molar-refractivity contribution in [3.05, 3.63) is 0 Å². The number of carbonyl (C=O) groups excluding carboxylic acids is 1. The summed E-state index contributed by atoms with van der Waals surface area (Å²) in [6, 6.07) is 0.303. The van der Waals surface area contributed by atoms with Crippen LogP contribution in [0.4, 0.5) is 0 Å². The summed E-state index contributed by atoms with van der Waals surface area (Å²) < 4.78 is 0. The number of hydrogen-bond acceptors (Lipinski definition) is 3. The van der Waals surface area contributed by atoms with Crippen molar-refractivity contribution in [2.45, 2.75) is 44.2 Å². The molecular formula is C11H19NO3. The lowest BCUT2D eigenvalue weighted by atomic mass is 9.86. The molecule has 4 heteroatoms. The van der Waals surface area contributed by atoms with Gasteiger partial charge in [-0.05, 0) is 31.6 Å². The largest absolute Gasteiger partial charge is 0.396 e. The Hall–Kier alpha value is -0.610. The molecular weight excluding hydrogens is 194 g/mol. The zero-order chi connectivity index (χ0) is 10.8. The Kier molecular flexibility index (Phi) is 3.26. The monoisotopic (exact) mass is 213 g/mol. The number of hydrogen-bond donors (Lipinski definition) is 2. The molecule has 15 heavy (non-hydrogen) atoms. The van der Waals surface area contributed by atoms with Crippen LogP contribution in [0.1, 0.15) is 32.1 Å². The van der Waals surface area contributed by atoms with E-state index in [4.69, 9.17) is 5.11 Å². The van der Waals surface area contributed by atoms with Crippen LogP contribution < -0.4 is 0 Å². The van der Waals surface area contributed by atoms with E-state index in [0.717, 1.165) is 25.7 Å². The van der Waals surface area contributed by atoms with Crippen LogP contribution >= 0.6 is 0 Å². The molecule has 1 saturated carbocycles. The van der Waals surface area contributed by atoms with Crippen molar-refractivity contribution in [3.63, 3.8) is 0 Å². The predicted molar refractivity (Wildman–Crippen MR) is 55.2 cm³/mol. The fraction of sp³-hybridized carbons (Fsp3) is 0.909. The van der Waals surface area contributed by atoms with Crippen molar-refractivity contribution >= 4 is 5.91 Å². The summed E-state index contributed by atoms with van der Waals surface area (Å²) in [6.45, 7) is 0.774. The Balaban J connectivity index is 1.88. The zero-order valence-corrected chi connectivity index (χ0v) is 8.93. The van der Waals surface area contributed by atoms with Gasteiger partial charge in [0.1, 0.15) is 0 Å². The van der Waals surface area contributed by atoms with Crippen molar-refractivity contribution < 1.29 is 15.0 Å². The molecule has 2 rings (SSSR count). The van der Waals surface area contributed by atoms with Gasteiger partial charge in [0.2, 0.25) is 5.91 Å². The van der Waals surface area contributed by atoms with E-state index in [-0.39, 0.29) is 12.5 Å². The molecule has 86 valence electrons. The van der Waals surface area contributed by atoms with E-state index in [1.54, 1.807) is 0 Å². The Bertz CT molecular complexity index is 236. The predicted octanol–water partition coefficient (Wildman–Crippen LogP) is 0.131. The molecule has 2 aliphatic rings. The second kappa shape index (κ2) is 4.49. The third-order valence-corrected chi connectivity index (χ3v) is 3.65. The Morgan fingerprint density at radius 3 is 2.40 bits per heavy atom. The first kappa shape index (κ1) is 10.9. The molecule has 1 amide bonds. The molecule has 1 aliphatic heterocycles. The van der Waals surface area contributed by atoms with E-state index < -0.39 is 6.10 Å². The molecule has 1 unspecified atom stereocenters. The smallest absolute Gasteiger partial charge is 0.225 e. The van der Waals surface area contributed by atoms with Crippen LogP contribution in [-0.2, 0) is 4.79 Å². The van der Waals surface area contributed by atoms with Gasteiger partial charge in [0.05, 0.1) is 12.5 Å². The van der Waals surface area contributed by atoms with E-state index in [1.165, 1.54) is 0 Å². The van der Waals surface area contributed by atoms with Crippen molar-refractivity contribution in [3.8, 4) is 0 Å². The van der Waals surface area contributed by atoms with E-state index in [1.807, 2.05) is 4.90 Å². The topological polar surface area (TPSA) is 60.8 Å². The second-order valence-electron chi connectivity index (χ2n) is 4.76. The molecule has 4 nitrogen and oxygen atoms in total. The molecule has 0 radical (unpaired) electrons. The van der Waals surface area contributed by atoms with Gasteiger partial charge in [-0.1, -0.05) is 0 Å². The highest BCUT2D eigenvalue weighted by Gasteiger charge is 2.34. The van der Waals surface area contributed by atoms with Crippen molar-refractivity contribution in [2.24, 2.45) is 5.92 Å². The lowest BCUT2D eigenvalue weighted by molar-refractivity contribution is -0.130. The number of rotatable bonds is 2. The van der Waals surface area contributed by atoms with Crippen LogP contribution in [0.3, 0.4) is 0 Å². The maximum Gasteiger partial charge on any atom is 0.225 e. The van der Waals surface area contributed by atoms with Gasteiger partial charge in [-0.2, -0.15) is 0 Å². The average Bonchev–Trinajstić information content (AvgIpc) is 2.58. The lowest BCUT2D eigenvalue weighted by Gasteiger charge is -2.34. The fourth-order valence-electron chi connectivity index (χ4n) is 2.70. The summed E-state index contributed by atoms with van der Waals surface area (Å²) in [5.41, 5.74) is 0. The highest BCUT2D eigenvalue weighted by molar-refractivity contribution is 5.79. The van der Waals surface area contributed by atoms with E-state index in [0.29, 0.717) is 24.9 Å². The van der Waals surface area contributed by atoms with E-state index in [9.17, 15) is 9.90 Å². The maximum absolute atomic E-state index is 11.6. The van der Waals surface area contributed by atoms with Gasteiger partial charge in [0.15, 0.2) is 0 Å². The molecule has 2 N–H and O–H groups in total. The molecule has 1 aliphatic carbocycles. The van der Waals surface area contributed by atoms with Gasteiger partial charge in [-0.25, -0.2) is 0 Å². The van der Waals surface area contributed by atoms with E-state index in [2.05, 4.69) is 0 Å². The minimum absolute atomic E-state index is 0.0925. The lowest BCUT2D eigenvalue weighted by Crippen LogP contribution is -2.39. The molecule has 0 aromatic heterocycles.